The van der Waals surface area contributed by atoms with Crippen molar-refractivity contribution in [1.82, 2.24) is 14.3 Å². The van der Waals surface area contributed by atoms with Crippen LogP contribution in [0.15, 0.2) is 34.9 Å². The Labute approximate surface area is 180 Å². The summed E-state index contributed by atoms with van der Waals surface area (Å²) in [4.78, 5) is 17.4. The average Bonchev–Trinajstić information content (AvgIpc) is 3.02. The molecule has 3 aromatic rings. The number of carboxylic acid groups (broad SMARTS) is 1. The van der Waals surface area contributed by atoms with Gasteiger partial charge in [-0.05, 0) is 52.7 Å². The number of morpholine rings is 1. The zero-order valence-electron chi connectivity index (χ0n) is 15.5. The minimum atomic E-state index is -0.967. The highest BCUT2D eigenvalue weighted by Crippen LogP contribution is 2.35. The van der Waals surface area contributed by atoms with Crippen LogP contribution >= 0.6 is 27.5 Å². The minimum absolute atomic E-state index is 0.260. The normalized spacial score (nSPS) is 17.1. The summed E-state index contributed by atoms with van der Waals surface area (Å²) in [6.45, 7) is 2.90. The van der Waals surface area contributed by atoms with Crippen LogP contribution < -0.4 is 0 Å². The Balaban J connectivity index is 1.81. The highest BCUT2D eigenvalue weighted by Gasteiger charge is 2.27. The average molecular weight is 483 g/mol. The van der Waals surface area contributed by atoms with Gasteiger partial charge in [0.05, 0.1) is 40.1 Å². The molecule has 0 saturated carbocycles. The third-order valence-corrected chi connectivity index (χ3v) is 5.90. The molecule has 1 N–H and O–H groups in total. The van der Waals surface area contributed by atoms with Gasteiger partial charge in [-0.2, -0.15) is 0 Å². The maximum absolute atomic E-state index is 14.3. The van der Waals surface area contributed by atoms with Gasteiger partial charge in [0.25, 0.3) is 0 Å². The summed E-state index contributed by atoms with van der Waals surface area (Å²) in [5, 5.41) is 9.67. The van der Waals surface area contributed by atoms with Crippen molar-refractivity contribution in [1.29, 1.82) is 0 Å². The van der Waals surface area contributed by atoms with Crippen LogP contribution in [0.3, 0.4) is 0 Å². The largest absolute Gasteiger partial charge is 0.465 e. The smallest absolute Gasteiger partial charge is 0.407 e. The molecule has 1 fully saturated rings. The molecule has 1 amide bonds. The van der Waals surface area contributed by atoms with Crippen LogP contribution in [0.4, 0.5) is 9.18 Å². The maximum Gasteiger partial charge on any atom is 0.407 e. The summed E-state index contributed by atoms with van der Waals surface area (Å²) < 4.78 is 22.3. The second kappa shape index (κ2) is 7.93. The van der Waals surface area contributed by atoms with Crippen molar-refractivity contribution < 1.29 is 19.0 Å². The van der Waals surface area contributed by atoms with E-state index in [0.29, 0.717) is 41.5 Å². The van der Waals surface area contributed by atoms with Crippen LogP contribution in [0.25, 0.3) is 16.9 Å². The number of nitrogens with zero attached hydrogens (tertiary/aromatic N) is 3. The monoisotopic (exact) mass is 481 g/mol. The Hall–Kier alpha value is -2.16. The Bertz CT molecular complexity index is 1100. The number of imidazole rings is 1. The Kier molecular flexibility index (Phi) is 5.50. The molecule has 6 nitrogen and oxygen atoms in total. The van der Waals surface area contributed by atoms with E-state index in [1.54, 1.807) is 0 Å². The van der Waals surface area contributed by atoms with Crippen LogP contribution in [-0.2, 0) is 11.2 Å². The Morgan fingerprint density at radius 1 is 1.45 bits per heavy atom. The standard InChI is InChI=1S/C20H18BrClFN3O3/c1-11-2-3-26-17(7-12-10-25(20(27)28)4-5-29-12)19(24-18(26)6-11)13-8-16(23)14(21)9-15(13)22/h2-3,6,8-9,12H,4-5,7,10H2,1H3,(H,27,28)/t12-/m0/s1. The summed E-state index contributed by atoms with van der Waals surface area (Å²) in [6, 6.07) is 6.75. The molecule has 0 bridgehead atoms. The topological polar surface area (TPSA) is 67.1 Å². The number of rotatable bonds is 3. The van der Waals surface area contributed by atoms with Crippen LogP contribution in [0.2, 0.25) is 5.02 Å². The van der Waals surface area contributed by atoms with Gasteiger partial charge in [-0.15, -0.1) is 0 Å². The molecule has 1 aliphatic rings. The Morgan fingerprint density at radius 3 is 3.00 bits per heavy atom. The summed E-state index contributed by atoms with van der Waals surface area (Å²) in [6.07, 6.45) is 1.01. The quantitative estimate of drug-likeness (QED) is 0.545. The molecule has 4 rings (SSSR count). The van der Waals surface area contributed by atoms with Gasteiger partial charge in [-0.25, -0.2) is 14.2 Å². The first-order valence-corrected chi connectivity index (χ1v) is 10.2. The van der Waals surface area contributed by atoms with Gasteiger partial charge < -0.3 is 19.1 Å². The van der Waals surface area contributed by atoms with Gasteiger partial charge in [0, 0.05) is 24.7 Å². The lowest BCUT2D eigenvalue weighted by Crippen LogP contribution is -2.45. The Morgan fingerprint density at radius 2 is 2.24 bits per heavy atom. The van der Waals surface area contributed by atoms with Gasteiger partial charge in [0.2, 0.25) is 0 Å². The van der Waals surface area contributed by atoms with Crippen LogP contribution in [0.1, 0.15) is 11.3 Å². The van der Waals surface area contributed by atoms with Crippen molar-refractivity contribution in [3.8, 4) is 11.3 Å². The first-order chi connectivity index (χ1) is 13.8. The number of benzene rings is 1. The molecule has 2 aromatic heterocycles. The number of hydrogen-bond acceptors (Lipinski definition) is 3. The van der Waals surface area contributed by atoms with E-state index in [0.717, 1.165) is 11.3 Å². The lowest BCUT2D eigenvalue weighted by Gasteiger charge is -2.31. The first-order valence-electron chi connectivity index (χ1n) is 9.05. The van der Waals surface area contributed by atoms with Crippen LogP contribution in [0, 0.1) is 12.7 Å². The summed E-state index contributed by atoms with van der Waals surface area (Å²) in [7, 11) is 0. The van der Waals surface area contributed by atoms with Gasteiger partial charge in [-0.3, -0.25) is 0 Å². The number of halogens is 3. The van der Waals surface area contributed by atoms with E-state index >= 15 is 0 Å². The molecule has 0 unspecified atom stereocenters. The fourth-order valence-corrected chi connectivity index (χ4v) is 4.27. The van der Waals surface area contributed by atoms with Crippen molar-refractivity contribution in [2.24, 2.45) is 0 Å². The van der Waals surface area contributed by atoms with Crippen LogP contribution in [-0.4, -0.2) is 51.3 Å². The van der Waals surface area contributed by atoms with Crippen molar-refractivity contribution in [2.75, 3.05) is 19.7 Å². The molecule has 29 heavy (non-hydrogen) atoms. The molecule has 0 aliphatic carbocycles. The third kappa shape index (κ3) is 3.97. The zero-order valence-corrected chi connectivity index (χ0v) is 17.9. The predicted molar refractivity (Wildman–Crippen MR) is 111 cm³/mol. The van der Waals surface area contributed by atoms with Gasteiger partial charge >= 0.3 is 6.09 Å². The SMILES string of the molecule is Cc1ccn2c(C[C@H]3CN(C(=O)O)CCO3)c(-c3cc(F)c(Br)cc3Cl)nc2c1. The second-order valence-corrected chi connectivity index (χ2v) is 8.27. The molecule has 152 valence electrons. The summed E-state index contributed by atoms with van der Waals surface area (Å²) in [5.74, 6) is -0.436. The number of amides is 1. The number of fused-ring (bicyclic) bond motifs is 1. The lowest BCUT2D eigenvalue weighted by atomic mass is 10.0. The minimum Gasteiger partial charge on any atom is -0.465 e. The predicted octanol–water partition coefficient (Wildman–Crippen LogP) is 4.79. The van der Waals surface area contributed by atoms with E-state index in [2.05, 4.69) is 15.9 Å². The zero-order chi connectivity index (χ0) is 20.7. The maximum atomic E-state index is 14.3. The van der Waals surface area contributed by atoms with E-state index in [1.807, 2.05) is 29.7 Å². The molecule has 1 aliphatic heterocycles. The van der Waals surface area contributed by atoms with Gasteiger partial charge in [0.1, 0.15) is 11.5 Å². The molecule has 3 heterocycles. The number of aryl methyl sites for hydroxylation is 1. The summed E-state index contributed by atoms with van der Waals surface area (Å²) >= 11 is 9.56. The fraction of sp³-hybridized carbons (Fsp3) is 0.300. The first kappa shape index (κ1) is 20.1. The van der Waals surface area contributed by atoms with Gasteiger partial charge in [-0.1, -0.05) is 11.6 Å². The van der Waals surface area contributed by atoms with Crippen molar-refractivity contribution in [2.45, 2.75) is 19.4 Å². The third-order valence-electron chi connectivity index (χ3n) is 4.98. The van der Waals surface area contributed by atoms with E-state index in [4.69, 9.17) is 21.3 Å². The molecule has 1 aromatic carbocycles. The van der Waals surface area contributed by atoms with Crippen LogP contribution in [0.5, 0.6) is 0 Å². The molecule has 0 radical (unpaired) electrons. The molecular formula is C20H18BrClFN3O3. The molecule has 1 atom stereocenters. The number of hydrogen-bond donors (Lipinski definition) is 1. The molecule has 1 saturated heterocycles. The molecule has 9 heteroatoms. The van der Waals surface area contributed by atoms with E-state index < -0.39 is 11.9 Å². The van der Waals surface area contributed by atoms with Crippen molar-refractivity contribution >= 4 is 39.3 Å². The number of ether oxygens (including phenoxy) is 1. The van der Waals surface area contributed by atoms with E-state index in [-0.39, 0.29) is 17.1 Å². The number of carbonyl (C=O) groups is 1. The highest BCUT2D eigenvalue weighted by atomic mass is 79.9. The molecular weight excluding hydrogens is 465 g/mol. The van der Waals surface area contributed by atoms with E-state index in [1.165, 1.54) is 17.0 Å². The second-order valence-electron chi connectivity index (χ2n) is 7.01. The highest BCUT2D eigenvalue weighted by molar-refractivity contribution is 9.10. The summed E-state index contributed by atoms with van der Waals surface area (Å²) in [5.41, 5.74) is 3.58. The lowest BCUT2D eigenvalue weighted by molar-refractivity contribution is -0.0214. The van der Waals surface area contributed by atoms with Crippen molar-refractivity contribution in [3.63, 3.8) is 0 Å². The fourth-order valence-electron chi connectivity index (χ4n) is 3.54. The molecule has 0 spiro atoms. The van der Waals surface area contributed by atoms with Gasteiger partial charge in [0.15, 0.2) is 0 Å². The van der Waals surface area contributed by atoms with E-state index in [9.17, 15) is 14.3 Å². The number of pyridine rings is 1. The van der Waals surface area contributed by atoms with Crippen molar-refractivity contribution in [3.05, 3.63) is 57.0 Å². The number of aromatic nitrogens is 2.